The first kappa shape index (κ1) is 14.7. The molecule has 3 N–H and O–H groups in total. The summed E-state index contributed by atoms with van der Waals surface area (Å²) in [5.41, 5.74) is 7.48. The van der Waals surface area contributed by atoms with Gasteiger partial charge in [-0.2, -0.15) is 0 Å². The Labute approximate surface area is 123 Å². The molecule has 0 aliphatic rings. The molecule has 0 aliphatic carbocycles. The fraction of sp³-hybridized carbons (Fsp3) is 0.188. The number of hydrogen-bond acceptors (Lipinski definition) is 4. The highest BCUT2D eigenvalue weighted by Crippen LogP contribution is 2.29. The molecule has 0 saturated carbocycles. The minimum Gasteiger partial charge on any atom is -0.504 e. The number of ether oxygens (including phenoxy) is 1. The summed E-state index contributed by atoms with van der Waals surface area (Å²) in [7, 11) is 1.46. The average molecular weight is 286 g/mol. The van der Waals surface area contributed by atoms with E-state index in [0.717, 1.165) is 0 Å². The van der Waals surface area contributed by atoms with E-state index in [9.17, 15) is 9.90 Å². The number of amides is 1. The first-order valence-electron chi connectivity index (χ1n) is 6.61. The van der Waals surface area contributed by atoms with Crippen LogP contribution in [0.3, 0.4) is 0 Å². The predicted octanol–water partition coefficient (Wildman–Crippen LogP) is 2.65. The number of methoxy groups -OCH3 is 1. The van der Waals surface area contributed by atoms with Gasteiger partial charge in [-0.1, -0.05) is 12.1 Å². The Morgan fingerprint density at radius 2 is 2.00 bits per heavy atom. The monoisotopic (exact) mass is 286 g/mol. The summed E-state index contributed by atoms with van der Waals surface area (Å²) >= 11 is 0. The normalized spacial score (nSPS) is 10.2. The summed E-state index contributed by atoms with van der Waals surface area (Å²) < 4.78 is 4.98. The van der Waals surface area contributed by atoms with Gasteiger partial charge in [-0.25, -0.2) is 0 Å². The first-order valence-corrected chi connectivity index (χ1v) is 6.61. The average Bonchev–Trinajstić information content (AvgIpc) is 2.49. The highest BCUT2D eigenvalue weighted by Gasteiger charge is 2.19. The van der Waals surface area contributed by atoms with Gasteiger partial charge in [0.05, 0.1) is 18.5 Å². The summed E-state index contributed by atoms with van der Waals surface area (Å²) in [5, 5.41) is 9.80. The molecule has 0 fully saturated rings. The molecule has 110 valence electrons. The van der Waals surface area contributed by atoms with Crippen LogP contribution in [0.1, 0.15) is 17.3 Å². The number of phenolic OH excluding ortho intramolecular Hbond substituents is 1. The summed E-state index contributed by atoms with van der Waals surface area (Å²) in [6.07, 6.45) is 0. The molecule has 5 nitrogen and oxygen atoms in total. The van der Waals surface area contributed by atoms with Crippen molar-refractivity contribution in [2.75, 3.05) is 24.3 Å². The van der Waals surface area contributed by atoms with Crippen molar-refractivity contribution >= 4 is 17.3 Å². The van der Waals surface area contributed by atoms with E-state index in [1.165, 1.54) is 13.2 Å². The van der Waals surface area contributed by atoms with Crippen LogP contribution < -0.4 is 15.4 Å². The van der Waals surface area contributed by atoms with Gasteiger partial charge in [-0.3, -0.25) is 4.79 Å². The van der Waals surface area contributed by atoms with Crippen molar-refractivity contribution in [3.8, 4) is 11.5 Å². The maximum atomic E-state index is 12.6. The minimum absolute atomic E-state index is 0.0690. The Balaban J connectivity index is 2.37. The third-order valence-electron chi connectivity index (χ3n) is 3.21. The van der Waals surface area contributed by atoms with Crippen LogP contribution in [-0.2, 0) is 0 Å². The van der Waals surface area contributed by atoms with Crippen LogP contribution in [0.25, 0.3) is 0 Å². The van der Waals surface area contributed by atoms with Crippen molar-refractivity contribution in [2.45, 2.75) is 6.92 Å². The van der Waals surface area contributed by atoms with Crippen molar-refractivity contribution in [1.82, 2.24) is 0 Å². The molecule has 1 amide bonds. The highest BCUT2D eigenvalue weighted by atomic mass is 16.5. The zero-order valence-corrected chi connectivity index (χ0v) is 12.0. The SMILES string of the molecule is CCN(C(=O)c1ccc(OC)c(O)c1)c1ccccc1N. The number of rotatable bonds is 4. The number of nitrogen functional groups attached to an aromatic ring is 1. The number of anilines is 2. The van der Waals surface area contributed by atoms with Gasteiger partial charge >= 0.3 is 0 Å². The van der Waals surface area contributed by atoms with Gasteiger partial charge in [-0.15, -0.1) is 0 Å². The molecule has 0 heterocycles. The molecule has 2 aromatic carbocycles. The number of carbonyl (C=O) groups excluding carboxylic acids is 1. The maximum absolute atomic E-state index is 12.6. The Bertz CT molecular complexity index is 656. The fourth-order valence-corrected chi connectivity index (χ4v) is 2.14. The molecule has 21 heavy (non-hydrogen) atoms. The van der Waals surface area contributed by atoms with Crippen LogP contribution in [0.2, 0.25) is 0 Å². The smallest absolute Gasteiger partial charge is 0.258 e. The van der Waals surface area contributed by atoms with E-state index in [2.05, 4.69) is 0 Å². The van der Waals surface area contributed by atoms with E-state index in [0.29, 0.717) is 29.2 Å². The second-order valence-electron chi connectivity index (χ2n) is 4.49. The van der Waals surface area contributed by atoms with E-state index in [4.69, 9.17) is 10.5 Å². The number of aromatic hydroxyl groups is 1. The number of nitrogens with zero attached hydrogens (tertiary/aromatic N) is 1. The molecule has 2 rings (SSSR count). The van der Waals surface area contributed by atoms with Gasteiger partial charge < -0.3 is 20.5 Å². The van der Waals surface area contributed by atoms with Crippen LogP contribution in [0.15, 0.2) is 42.5 Å². The van der Waals surface area contributed by atoms with E-state index < -0.39 is 0 Å². The first-order chi connectivity index (χ1) is 10.1. The quantitative estimate of drug-likeness (QED) is 0.847. The van der Waals surface area contributed by atoms with Gasteiger partial charge in [0.15, 0.2) is 11.5 Å². The number of hydrogen-bond donors (Lipinski definition) is 2. The molecule has 0 saturated heterocycles. The molecular formula is C16H18N2O3. The molecule has 0 unspecified atom stereocenters. The lowest BCUT2D eigenvalue weighted by atomic mass is 10.1. The maximum Gasteiger partial charge on any atom is 0.258 e. The lowest BCUT2D eigenvalue weighted by molar-refractivity contribution is 0.0988. The molecule has 0 aromatic heterocycles. The number of phenols is 1. The lowest BCUT2D eigenvalue weighted by Gasteiger charge is -2.22. The molecule has 0 atom stereocenters. The second-order valence-corrected chi connectivity index (χ2v) is 4.49. The minimum atomic E-state index is -0.228. The van der Waals surface area contributed by atoms with Crippen molar-refractivity contribution < 1.29 is 14.6 Å². The Morgan fingerprint density at radius 3 is 2.57 bits per heavy atom. The topological polar surface area (TPSA) is 75.8 Å². The van der Waals surface area contributed by atoms with Gasteiger partial charge in [0, 0.05) is 12.1 Å². The van der Waals surface area contributed by atoms with Gasteiger partial charge in [0.2, 0.25) is 0 Å². The third-order valence-corrected chi connectivity index (χ3v) is 3.21. The zero-order valence-electron chi connectivity index (χ0n) is 12.0. The largest absolute Gasteiger partial charge is 0.504 e. The van der Waals surface area contributed by atoms with Gasteiger partial charge in [-0.05, 0) is 37.3 Å². The van der Waals surface area contributed by atoms with Crippen LogP contribution in [-0.4, -0.2) is 24.7 Å². The second kappa shape index (κ2) is 6.17. The molecule has 2 aromatic rings. The molecule has 5 heteroatoms. The van der Waals surface area contributed by atoms with E-state index in [1.807, 2.05) is 19.1 Å². The molecular weight excluding hydrogens is 268 g/mol. The zero-order chi connectivity index (χ0) is 15.4. The number of nitrogens with two attached hydrogens (primary N) is 1. The molecule has 0 spiro atoms. The van der Waals surface area contributed by atoms with E-state index in [1.54, 1.807) is 29.2 Å². The number of benzene rings is 2. The summed E-state index contributed by atoms with van der Waals surface area (Å²) in [6.45, 7) is 2.34. The van der Waals surface area contributed by atoms with Gasteiger partial charge in [0.1, 0.15) is 0 Å². The number of carbonyl (C=O) groups is 1. The van der Waals surface area contributed by atoms with Crippen molar-refractivity contribution in [2.24, 2.45) is 0 Å². The van der Waals surface area contributed by atoms with E-state index >= 15 is 0 Å². The highest BCUT2D eigenvalue weighted by molar-refractivity contribution is 6.07. The van der Waals surface area contributed by atoms with Crippen molar-refractivity contribution in [1.29, 1.82) is 0 Å². The molecule has 0 radical (unpaired) electrons. The van der Waals surface area contributed by atoms with E-state index in [-0.39, 0.29) is 11.7 Å². The standard InChI is InChI=1S/C16H18N2O3/c1-3-18(13-7-5-4-6-12(13)17)16(20)11-8-9-15(21-2)14(19)10-11/h4-10,19H,3,17H2,1-2H3. The summed E-state index contributed by atoms with van der Waals surface area (Å²) in [5.74, 6) is 0.0302. The summed E-state index contributed by atoms with van der Waals surface area (Å²) in [4.78, 5) is 14.2. The van der Waals surface area contributed by atoms with Crippen LogP contribution in [0.4, 0.5) is 11.4 Å². The predicted molar refractivity (Wildman–Crippen MR) is 82.9 cm³/mol. The van der Waals surface area contributed by atoms with Crippen molar-refractivity contribution in [3.05, 3.63) is 48.0 Å². The summed E-state index contributed by atoms with van der Waals surface area (Å²) in [6, 6.07) is 11.7. The molecule has 0 aliphatic heterocycles. The van der Waals surface area contributed by atoms with Crippen LogP contribution in [0, 0.1) is 0 Å². The Morgan fingerprint density at radius 1 is 1.29 bits per heavy atom. The Kier molecular flexibility index (Phi) is 4.33. The third kappa shape index (κ3) is 2.91. The van der Waals surface area contributed by atoms with Gasteiger partial charge in [0.25, 0.3) is 5.91 Å². The van der Waals surface area contributed by atoms with Crippen LogP contribution in [0.5, 0.6) is 11.5 Å². The van der Waals surface area contributed by atoms with Crippen LogP contribution >= 0.6 is 0 Å². The number of para-hydroxylation sites is 2. The lowest BCUT2D eigenvalue weighted by Crippen LogP contribution is -2.31. The van der Waals surface area contributed by atoms with Crippen molar-refractivity contribution in [3.63, 3.8) is 0 Å². The fourth-order valence-electron chi connectivity index (χ4n) is 2.14. The Hall–Kier alpha value is -2.69. The molecule has 0 bridgehead atoms.